The normalized spacial score (nSPS) is 13.7. The molecule has 0 radical (unpaired) electrons. The van der Waals surface area contributed by atoms with Gasteiger partial charge in [0.05, 0.1) is 18.6 Å². The second-order valence-electron chi connectivity index (χ2n) is 4.10. The minimum atomic E-state index is -1.08. The van der Waals surface area contributed by atoms with Crippen LogP contribution in [0.4, 0.5) is 0 Å². The molecule has 0 spiro atoms. The van der Waals surface area contributed by atoms with E-state index >= 15 is 0 Å². The van der Waals surface area contributed by atoms with E-state index in [0.29, 0.717) is 10.3 Å². The van der Waals surface area contributed by atoms with Crippen LogP contribution in [0.1, 0.15) is 18.1 Å². The maximum absolute atomic E-state index is 9.86. The summed E-state index contributed by atoms with van der Waals surface area (Å²) >= 11 is 5.11. The summed E-state index contributed by atoms with van der Waals surface area (Å²) in [7, 11) is 0. The Bertz CT molecular complexity index is 639. The lowest BCUT2D eigenvalue weighted by Gasteiger charge is -2.15. The van der Waals surface area contributed by atoms with Crippen LogP contribution in [-0.4, -0.2) is 25.9 Å². The summed E-state index contributed by atoms with van der Waals surface area (Å²) in [6.07, 6.45) is 1.30. The maximum atomic E-state index is 9.86. The summed E-state index contributed by atoms with van der Waals surface area (Å²) in [6.45, 7) is 0. The number of nitriles is 1. The standard InChI is InChI=1S/C13H13N3O2S/c14-6-5-11(17)12(18)9-1-3-10(4-2-9)16-8-7-15-13(16)19/h1-4,7-8,11-12,17-18H,5H2,(H,15,19). The molecule has 1 aromatic heterocycles. The molecule has 98 valence electrons. The highest BCUT2D eigenvalue weighted by Gasteiger charge is 2.17. The molecular formula is C13H13N3O2S. The first-order valence-corrected chi connectivity index (χ1v) is 6.13. The van der Waals surface area contributed by atoms with Crippen LogP contribution < -0.4 is 0 Å². The molecule has 19 heavy (non-hydrogen) atoms. The fourth-order valence-corrected chi connectivity index (χ4v) is 2.02. The number of aliphatic hydroxyl groups is 2. The van der Waals surface area contributed by atoms with Crippen molar-refractivity contribution < 1.29 is 10.2 Å². The van der Waals surface area contributed by atoms with Crippen molar-refractivity contribution in [3.05, 3.63) is 47.0 Å². The van der Waals surface area contributed by atoms with Gasteiger partial charge in [-0.1, -0.05) is 12.1 Å². The fraction of sp³-hybridized carbons (Fsp3) is 0.231. The Morgan fingerprint density at radius 1 is 1.32 bits per heavy atom. The van der Waals surface area contributed by atoms with Gasteiger partial charge in [0.1, 0.15) is 6.10 Å². The predicted molar refractivity (Wildman–Crippen MR) is 72.2 cm³/mol. The molecule has 5 nitrogen and oxygen atoms in total. The van der Waals surface area contributed by atoms with Crippen LogP contribution in [0, 0.1) is 16.1 Å². The maximum Gasteiger partial charge on any atom is 0.181 e. The van der Waals surface area contributed by atoms with Crippen molar-refractivity contribution in [2.24, 2.45) is 0 Å². The summed E-state index contributed by atoms with van der Waals surface area (Å²) < 4.78 is 2.37. The van der Waals surface area contributed by atoms with Gasteiger partial charge in [0.15, 0.2) is 4.77 Å². The molecule has 0 fully saturated rings. The number of hydrogen-bond acceptors (Lipinski definition) is 4. The number of hydrogen-bond donors (Lipinski definition) is 3. The van der Waals surface area contributed by atoms with E-state index < -0.39 is 12.2 Å². The van der Waals surface area contributed by atoms with Gasteiger partial charge in [-0.25, -0.2) is 0 Å². The van der Waals surface area contributed by atoms with Crippen molar-refractivity contribution in [2.75, 3.05) is 0 Å². The van der Waals surface area contributed by atoms with E-state index in [0.717, 1.165) is 5.69 Å². The number of aliphatic hydroxyl groups excluding tert-OH is 2. The van der Waals surface area contributed by atoms with Crippen LogP contribution in [0.5, 0.6) is 0 Å². The summed E-state index contributed by atoms with van der Waals surface area (Å²) in [5, 5.41) is 27.9. The fourth-order valence-electron chi connectivity index (χ4n) is 1.78. The molecule has 0 saturated heterocycles. The first-order valence-electron chi connectivity index (χ1n) is 5.73. The van der Waals surface area contributed by atoms with Crippen LogP contribution in [0.25, 0.3) is 5.69 Å². The minimum absolute atomic E-state index is 0.105. The summed E-state index contributed by atoms with van der Waals surface area (Å²) in [5.74, 6) is 0. The van der Waals surface area contributed by atoms with E-state index in [1.165, 1.54) is 0 Å². The minimum Gasteiger partial charge on any atom is -0.389 e. The number of nitrogens with zero attached hydrogens (tertiary/aromatic N) is 2. The molecule has 3 N–H and O–H groups in total. The van der Waals surface area contributed by atoms with Gasteiger partial charge >= 0.3 is 0 Å². The Morgan fingerprint density at radius 3 is 2.53 bits per heavy atom. The number of H-pyrrole nitrogens is 1. The van der Waals surface area contributed by atoms with Gasteiger partial charge in [-0.15, -0.1) is 0 Å². The first-order chi connectivity index (χ1) is 9.13. The Morgan fingerprint density at radius 2 is 2.00 bits per heavy atom. The van der Waals surface area contributed by atoms with E-state index in [4.69, 9.17) is 17.5 Å². The zero-order chi connectivity index (χ0) is 13.8. The Balaban J connectivity index is 2.22. The summed E-state index contributed by atoms with van der Waals surface area (Å²) in [4.78, 5) is 2.89. The molecule has 0 aliphatic heterocycles. The largest absolute Gasteiger partial charge is 0.389 e. The first kappa shape index (κ1) is 13.5. The Hall–Kier alpha value is -1.94. The van der Waals surface area contributed by atoms with E-state index in [9.17, 15) is 10.2 Å². The van der Waals surface area contributed by atoms with E-state index in [1.54, 1.807) is 41.2 Å². The van der Waals surface area contributed by atoms with Gasteiger partial charge in [0, 0.05) is 18.1 Å². The molecule has 6 heteroatoms. The van der Waals surface area contributed by atoms with Crippen molar-refractivity contribution in [3.8, 4) is 11.8 Å². The highest BCUT2D eigenvalue weighted by Crippen LogP contribution is 2.20. The van der Waals surface area contributed by atoms with Crippen molar-refractivity contribution in [1.82, 2.24) is 9.55 Å². The SMILES string of the molecule is N#CCC(O)C(O)c1ccc(-n2cc[nH]c2=S)cc1. The van der Waals surface area contributed by atoms with Gasteiger partial charge in [-0.2, -0.15) is 5.26 Å². The van der Waals surface area contributed by atoms with Crippen LogP contribution >= 0.6 is 12.2 Å². The number of imidazole rings is 1. The average Bonchev–Trinajstić information content (AvgIpc) is 2.84. The molecule has 0 aliphatic carbocycles. The van der Waals surface area contributed by atoms with Crippen molar-refractivity contribution in [1.29, 1.82) is 5.26 Å². The lowest BCUT2D eigenvalue weighted by atomic mass is 10.0. The third kappa shape index (κ3) is 2.90. The average molecular weight is 275 g/mol. The van der Waals surface area contributed by atoms with E-state index in [1.807, 2.05) is 6.07 Å². The smallest absolute Gasteiger partial charge is 0.181 e. The molecule has 2 atom stereocenters. The number of rotatable bonds is 4. The number of aromatic nitrogens is 2. The highest BCUT2D eigenvalue weighted by atomic mass is 32.1. The molecule has 0 saturated carbocycles. The predicted octanol–water partition coefficient (Wildman–Crippen LogP) is 1.84. The zero-order valence-corrected chi connectivity index (χ0v) is 10.8. The van der Waals surface area contributed by atoms with Crippen molar-refractivity contribution in [2.45, 2.75) is 18.6 Å². The Labute approximate surface area is 115 Å². The van der Waals surface area contributed by atoms with Gasteiger partial charge in [0.25, 0.3) is 0 Å². The van der Waals surface area contributed by atoms with Crippen LogP contribution in [-0.2, 0) is 0 Å². The third-order valence-corrected chi connectivity index (χ3v) is 3.14. The topological polar surface area (TPSA) is 85.0 Å². The van der Waals surface area contributed by atoms with E-state index in [2.05, 4.69) is 4.98 Å². The van der Waals surface area contributed by atoms with Crippen LogP contribution in [0.15, 0.2) is 36.7 Å². The lowest BCUT2D eigenvalue weighted by Crippen LogP contribution is -2.17. The molecule has 2 rings (SSSR count). The third-order valence-electron chi connectivity index (χ3n) is 2.83. The highest BCUT2D eigenvalue weighted by molar-refractivity contribution is 7.71. The molecule has 2 aromatic rings. The van der Waals surface area contributed by atoms with Crippen molar-refractivity contribution >= 4 is 12.2 Å². The molecule has 1 aromatic carbocycles. The molecule has 2 unspecified atom stereocenters. The Kier molecular flexibility index (Phi) is 4.12. The summed E-state index contributed by atoms with van der Waals surface area (Å²) in [6, 6.07) is 8.82. The lowest BCUT2D eigenvalue weighted by molar-refractivity contribution is 0.0216. The molecule has 0 amide bonds. The van der Waals surface area contributed by atoms with Gasteiger partial charge in [-0.05, 0) is 29.9 Å². The van der Waals surface area contributed by atoms with E-state index in [-0.39, 0.29) is 6.42 Å². The van der Waals surface area contributed by atoms with Gasteiger partial charge < -0.3 is 15.2 Å². The molecule has 0 aliphatic rings. The van der Waals surface area contributed by atoms with Crippen molar-refractivity contribution in [3.63, 3.8) is 0 Å². The van der Waals surface area contributed by atoms with Gasteiger partial charge in [-0.3, -0.25) is 4.57 Å². The monoisotopic (exact) mass is 275 g/mol. The number of aromatic amines is 1. The zero-order valence-electron chi connectivity index (χ0n) is 10.0. The van der Waals surface area contributed by atoms with Gasteiger partial charge in [0.2, 0.25) is 0 Å². The number of nitrogens with one attached hydrogen (secondary N) is 1. The molecule has 0 bridgehead atoms. The molecular weight excluding hydrogens is 262 g/mol. The quantitative estimate of drug-likeness (QED) is 0.743. The van der Waals surface area contributed by atoms with Crippen LogP contribution in [0.3, 0.4) is 0 Å². The number of benzene rings is 1. The molecule has 1 heterocycles. The second kappa shape index (κ2) is 5.80. The summed E-state index contributed by atoms with van der Waals surface area (Å²) in [5.41, 5.74) is 1.42. The second-order valence-corrected chi connectivity index (χ2v) is 4.49. The van der Waals surface area contributed by atoms with Crippen LogP contribution in [0.2, 0.25) is 0 Å².